The molecule has 0 fully saturated rings. The number of hydrogen-bond acceptors (Lipinski definition) is 6. The van der Waals surface area contributed by atoms with E-state index in [1.54, 1.807) is 36.8 Å². The summed E-state index contributed by atoms with van der Waals surface area (Å²) in [6.07, 6.45) is 1.78. The molecule has 6 aromatic rings. The quantitative estimate of drug-likeness (QED) is 0.291. The largest absolute Gasteiger partial charge is 0.493 e. The lowest BCUT2D eigenvalue weighted by molar-refractivity contribution is -0.127. The number of pyridine rings is 2. The average molecular weight is 522 g/mol. The summed E-state index contributed by atoms with van der Waals surface area (Å²) in [5.74, 6) is 1.19. The van der Waals surface area contributed by atoms with Gasteiger partial charge in [0, 0.05) is 28.9 Å². The number of aromatic nitrogens is 2. The first kappa shape index (κ1) is 24.5. The maximum Gasteiger partial charge on any atom is 0.267 e. The highest BCUT2D eigenvalue weighted by atomic mass is 16.5. The molecule has 3 aromatic carbocycles. The van der Waals surface area contributed by atoms with Gasteiger partial charge in [0.2, 0.25) is 0 Å². The van der Waals surface area contributed by atoms with Crippen LogP contribution in [0.2, 0.25) is 0 Å². The molecule has 1 N–H and O–H groups in total. The predicted molar refractivity (Wildman–Crippen MR) is 152 cm³/mol. The van der Waals surface area contributed by atoms with Crippen LogP contribution >= 0.6 is 0 Å². The Kier molecular flexibility index (Phi) is 6.15. The molecule has 8 heteroatoms. The number of benzene rings is 3. The molecular weight excluding hydrogens is 494 g/mol. The lowest BCUT2D eigenvalue weighted by Gasteiger charge is -2.15. The van der Waals surface area contributed by atoms with Gasteiger partial charge in [-0.15, -0.1) is 0 Å². The van der Waals surface area contributed by atoms with E-state index >= 15 is 0 Å². The van der Waals surface area contributed by atoms with Crippen LogP contribution in [0.15, 0.2) is 77.7 Å². The zero-order chi connectivity index (χ0) is 27.1. The highest BCUT2D eigenvalue weighted by molar-refractivity contribution is 6.19. The standard InChI is InChI=1S/C31H27N3O5/c1-18(30(35)33-15-13-19-7-5-4-6-8-19)39-20-9-11-24-23(17-20)21-14-16-32-27-22-10-12-25(37-2)29(38-3)26(22)31(36)34(24)28(21)27/h4-12,14,16-18H,13,15H2,1-3H3,(H,33,35)/t18-/m1/s1. The van der Waals surface area contributed by atoms with Crippen molar-refractivity contribution < 1.29 is 19.0 Å². The van der Waals surface area contributed by atoms with Gasteiger partial charge in [-0.1, -0.05) is 30.3 Å². The van der Waals surface area contributed by atoms with Crippen molar-refractivity contribution in [2.24, 2.45) is 0 Å². The van der Waals surface area contributed by atoms with Crippen molar-refractivity contribution in [3.63, 3.8) is 0 Å². The third-order valence-electron chi connectivity index (χ3n) is 7.10. The van der Waals surface area contributed by atoms with E-state index in [1.807, 2.05) is 54.6 Å². The van der Waals surface area contributed by atoms with Gasteiger partial charge in [0.15, 0.2) is 17.6 Å². The van der Waals surface area contributed by atoms with Crippen molar-refractivity contribution in [1.82, 2.24) is 14.7 Å². The van der Waals surface area contributed by atoms with Crippen molar-refractivity contribution in [3.8, 4) is 17.2 Å². The minimum atomic E-state index is -0.693. The zero-order valence-electron chi connectivity index (χ0n) is 21.9. The van der Waals surface area contributed by atoms with Gasteiger partial charge in [0.25, 0.3) is 11.5 Å². The van der Waals surface area contributed by atoms with Crippen LogP contribution in [0.4, 0.5) is 0 Å². The van der Waals surface area contributed by atoms with Crippen molar-refractivity contribution in [2.45, 2.75) is 19.4 Å². The topological polar surface area (TPSA) is 91.2 Å². The molecule has 0 radical (unpaired) electrons. The number of methoxy groups -OCH3 is 2. The summed E-state index contributed by atoms with van der Waals surface area (Å²) in [4.78, 5) is 31.2. The van der Waals surface area contributed by atoms with E-state index in [1.165, 1.54) is 7.11 Å². The Balaban J connectivity index is 1.37. The summed E-state index contributed by atoms with van der Waals surface area (Å²) in [5.41, 5.74) is 3.06. The van der Waals surface area contributed by atoms with E-state index < -0.39 is 6.10 Å². The molecule has 0 aliphatic heterocycles. The summed E-state index contributed by atoms with van der Waals surface area (Å²) in [6, 6.07) is 21.0. The third-order valence-corrected chi connectivity index (χ3v) is 7.10. The summed E-state index contributed by atoms with van der Waals surface area (Å²) in [5, 5.41) is 5.73. The van der Waals surface area contributed by atoms with Gasteiger partial charge in [0.1, 0.15) is 5.75 Å². The molecule has 6 rings (SSSR count). The van der Waals surface area contributed by atoms with Crippen molar-refractivity contribution in [2.75, 3.05) is 20.8 Å². The SMILES string of the molecule is COc1ccc2c(c1OC)c(=O)n1c3ccc(O[C@H](C)C(=O)NCCc4ccccc4)cc3c3ccnc2c31. The number of amides is 1. The van der Waals surface area contributed by atoms with Crippen molar-refractivity contribution >= 4 is 44.0 Å². The summed E-state index contributed by atoms with van der Waals surface area (Å²) >= 11 is 0. The molecule has 1 atom stereocenters. The zero-order valence-corrected chi connectivity index (χ0v) is 21.9. The minimum absolute atomic E-state index is 0.190. The molecule has 39 heavy (non-hydrogen) atoms. The van der Waals surface area contributed by atoms with Crippen LogP contribution < -0.4 is 25.1 Å². The number of ether oxygens (including phenoxy) is 3. The number of rotatable bonds is 8. The van der Waals surface area contributed by atoms with Gasteiger partial charge in [-0.25, -0.2) is 0 Å². The second-order valence-electron chi connectivity index (χ2n) is 9.39. The first-order chi connectivity index (χ1) is 19.0. The molecule has 8 nitrogen and oxygen atoms in total. The van der Waals surface area contributed by atoms with Gasteiger partial charge in [0.05, 0.1) is 36.2 Å². The average Bonchev–Trinajstić information content (AvgIpc) is 3.30. The molecule has 196 valence electrons. The first-order valence-electron chi connectivity index (χ1n) is 12.7. The number of carbonyl (C=O) groups excluding carboxylic acids is 1. The van der Waals surface area contributed by atoms with Gasteiger partial charge in [-0.05, 0) is 55.3 Å². The molecule has 3 heterocycles. The molecule has 0 spiro atoms. The van der Waals surface area contributed by atoms with Gasteiger partial charge in [-0.3, -0.25) is 19.0 Å². The van der Waals surface area contributed by atoms with Crippen LogP contribution in [0.1, 0.15) is 12.5 Å². The van der Waals surface area contributed by atoms with Crippen LogP contribution in [0.5, 0.6) is 17.2 Å². The lowest BCUT2D eigenvalue weighted by Crippen LogP contribution is -2.37. The summed E-state index contributed by atoms with van der Waals surface area (Å²) in [6.45, 7) is 2.25. The molecule has 0 unspecified atom stereocenters. The van der Waals surface area contributed by atoms with Crippen LogP contribution in [-0.4, -0.2) is 42.2 Å². The van der Waals surface area contributed by atoms with Gasteiger partial charge < -0.3 is 19.5 Å². The van der Waals surface area contributed by atoms with Gasteiger partial charge >= 0.3 is 0 Å². The number of carbonyl (C=O) groups is 1. The van der Waals surface area contributed by atoms with E-state index in [0.29, 0.717) is 45.6 Å². The highest BCUT2D eigenvalue weighted by Crippen LogP contribution is 2.39. The molecule has 0 aliphatic carbocycles. The van der Waals surface area contributed by atoms with E-state index in [4.69, 9.17) is 14.2 Å². The Morgan fingerprint density at radius 3 is 2.56 bits per heavy atom. The van der Waals surface area contributed by atoms with Crippen LogP contribution in [-0.2, 0) is 11.2 Å². The van der Waals surface area contributed by atoms with E-state index in [0.717, 1.165) is 28.3 Å². The fourth-order valence-electron chi connectivity index (χ4n) is 5.25. The van der Waals surface area contributed by atoms with Crippen molar-refractivity contribution in [1.29, 1.82) is 0 Å². The van der Waals surface area contributed by atoms with E-state index in [-0.39, 0.29) is 11.5 Å². The number of fused-ring (bicyclic) bond motifs is 5. The smallest absolute Gasteiger partial charge is 0.267 e. The second-order valence-corrected chi connectivity index (χ2v) is 9.39. The summed E-state index contributed by atoms with van der Waals surface area (Å²) in [7, 11) is 3.06. The molecule has 0 aliphatic rings. The predicted octanol–water partition coefficient (Wildman–Crippen LogP) is 4.74. The van der Waals surface area contributed by atoms with Crippen LogP contribution in [0.25, 0.3) is 38.1 Å². The molecule has 0 saturated carbocycles. The van der Waals surface area contributed by atoms with E-state index in [2.05, 4.69) is 10.3 Å². The fraction of sp³-hybridized carbons (Fsp3) is 0.194. The molecule has 0 saturated heterocycles. The maximum absolute atomic E-state index is 13.9. The number of nitrogens with zero attached hydrogens (tertiary/aromatic N) is 2. The van der Waals surface area contributed by atoms with Gasteiger partial charge in [-0.2, -0.15) is 0 Å². The Labute approximate surface area is 224 Å². The van der Waals surface area contributed by atoms with Crippen LogP contribution in [0.3, 0.4) is 0 Å². The minimum Gasteiger partial charge on any atom is -0.493 e. The fourth-order valence-corrected chi connectivity index (χ4v) is 5.25. The molecule has 1 amide bonds. The monoisotopic (exact) mass is 521 g/mol. The Hall–Kier alpha value is -4.85. The normalized spacial score (nSPS) is 12.3. The Morgan fingerprint density at radius 1 is 0.974 bits per heavy atom. The second kappa shape index (κ2) is 9.79. The maximum atomic E-state index is 13.9. The summed E-state index contributed by atoms with van der Waals surface area (Å²) < 4.78 is 18.7. The Morgan fingerprint density at radius 2 is 1.79 bits per heavy atom. The first-order valence-corrected chi connectivity index (χ1v) is 12.7. The lowest BCUT2D eigenvalue weighted by atomic mass is 10.1. The van der Waals surface area contributed by atoms with Crippen LogP contribution in [0, 0.1) is 0 Å². The Bertz CT molecular complexity index is 1900. The number of nitrogens with one attached hydrogen (secondary N) is 1. The highest BCUT2D eigenvalue weighted by Gasteiger charge is 2.23. The number of hydrogen-bond donors (Lipinski definition) is 1. The van der Waals surface area contributed by atoms with Crippen molar-refractivity contribution in [3.05, 3.63) is 88.8 Å². The molecular formula is C31H27N3O5. The molecule has 3 aromatic heterocycles. The third kappa shape index (κ3) is 4.05. The molecule has 0 bridgehead atoms. The van der Waals surface area contributed by atoms with E-state index in [9.17, 15) is 9.59 Å².